The fourth-order valence-corrected chi connectivity index (χ4v) is 3.77. The van der Waals surface area contributed by atoms with E-state index in [9.17, 15) is 4.79 Å². The monoisotopic (exact) mass is 340 g/mol. The molecule has 22 heavy (non-hydrogen) atoms. The Labute approximate surface area is 137 Å². The third-order valence-electron chi connectivity index (χ3n) is 3.65. The van der Waals surface area contributed by atoms with E-state index in [2.05, 4.69) is 4.98 Å². The number of nitrogens with zero attached hydrogens (tertiary/aromatic N) is 2. The lowest BCUT2D eigenvalue weighted by Gasteiger charge is -2.15. The van der Waals surface area contributed by atoms with Gasteiger partial charge in [-0.15, -0.1) is 11.3 Å². The number of hydrogen-bond donors (Lipinski definition) is 0. The summed E-state index contributed by atoms with van der Waals surface area (Å²) in [6.45, 7) is 2.47. The summed E-state index contributed by atoms with van der Waals surface area (Å²) in [5.41, 5.74) is 0.771. The van der Waals surface area contributed by atoms with Crippen molar-refractivity contribution in [3.05, 3.63) is 28.2 Å². The quantitative estimate of drug-likeness (QED) is 0.785. The van der Waals surface area contributed by atoms with E-state index in [0.717, 1.165) is 16.6 Å². The van der Waals surface area contributed by atoms with Gasteiger partial charge >= 0.3 is 0 Å². The van der Waals surface area contributed by atoms with Gasteiger partial charge in [0, 0.05) is 26.4 Å². The first-order valence-electron chi connectivity index (χ1n) is 7.13. The Morgan fingerprint density at radius 3 is 3.18 bits per heavy atom. The van der Waals surface area contributed by atoms with E-state index in [1.165, 1.54) is 11.3 Å². The second-order valence-electron chi connectivity index (χ2n) is 5.14. The van der Waals surface area contributed by atoms with Crippen molar-refractivity contribution in [2.24, 2.45) is 0 Å². The highest BCUT2D eigenvalue weighted by atomic mass is 35.5. The highest BCUT2D eigenvalue weighted by Gasteiger charge is 2.28. The van der Waals surface area contributed by atoms with Gasteiger partial charge in [0.15, 0.2) is 0 Å². The lowest BCUT2D eigenvalue weighted by Crippen LogP contribution is -2.29. The summed E-state index contributed by atoms with van der Waals surface area (Å²) >= 11 is 7.54. The van der Waals surface area contributed by atoms with E-state index in [-0.39, 0.29) is 12.0 Å². The van der Waals surface area contributed by atoms with Gasteiger partial charge in [-0.1, -0.05) is 11.6 Å². The second kappa shape index (κ2) is 6.91. The molecular formula is C15H17ClN2O3S. The van der Waals surface area contributed by atoms with Crippen LogP contribution < -0.4 is 0 Å². The fourth-order valence-electron chi connectivity index (χ4n) is 2.52. The molecule has 0 aliphatic carbocycles. The molecule has 2 aromatic rings. The molecular weight excluding hydrogens is 324 g/mol. The van der Waals surface area contributed by atoms with Crippen LogP contribution in [-0.2, 0) is 9.47 Å². The van der Waals surface area contributed by atoms with E-state index < -0.39 is 0 Å². The molecule has 3 rings (SSSR count). The third-order valence-corrected chi connectivity index (χ3v) is 5.22. The van der Waals surface area contributed by atoms with Gasteiger partial charge < -0.3 is 14.4 Å². The molecule has 2 aromatic heterocycles. The smallest absolute Gasteiger partial charge is 0.264 e. The molecule has 0 spiro atoms. The summed E-state index contributed by atoms with van der Waals surface area (Å²) in [7, 11) is 1.65. The first-order valence-corrected chi connectivity index (χ1v) is 8.32. The number of thiophene rings is 1. The molecule has 3 heterocycles. The number of aromatic nitrogens is 1. The van der Waals surface area contributed by atoms with Crippen molar-refractivity contribution >= 4 is 39.1 Å². The lowest BCUT2D eigenvalue weighted by atomic mass is 10.3. The highest BCUT2D eigenvalue weighted by Crippen LogP contribution is 2.31. The topological polar surface area (TPSA) is 51.7 Å². The molecule has 1 saturated heterocycles. The van der Waals surface area contributed by atoms with E-state index in [4.69, 9.17) is 21.1 Å². The Morgan fingerprint density at radius 1 is 1.55 bits per heavy atom. The van der Waals surface area contributed by atoms with Gasteiger partial charge in [-0.2, -0.15) is 0 Å². The van der Waals surface area contributed by atoms with Crippen LogP contribution in [0.25, 0.3) is 10.2 Å². The molecule has 0 unspecified atom stereocenters. The van der Waals surface area contributed by atoms with Crippen molar-refractivity contribution in [2.45, 2.75) is 12.5 Å². The summed E-state index contributed by atoms with van der Waals surface area (Å²) < 4.78 is 11.5. The minimum atomic E-state index is 0.0249. The van der Waals surface area contributed by atoms with E-state index in [1.54, 1.807) is 19.4 Å². The van der Waals surface area contributed by atoms with Crippen molar-refractivity contribution in [3.8, 4) is 0 Å². The maximum absolute atomic E-state index is 12.6. The SMILES string of the molecule is COCCO[C@@H]1CCN(C(=O)c2cc3nccc(Cl)c3s2)C1. The Bertz CT molecular complexity index is 676. The molecule has 0 saturated carbocycles. The standard InChI is InChI=1S/C15H17ClN2O3S/c1-20-6-7-21-10-3-5-18(9-10)15(19)13-8-12-14(22-13)11(16)2-4-17-12/h2,4,8,10H,3,5-7,9H2,1H3/t10-/m1/s1. The maximum Gasteiger partial charge on any atom is 0.264 e. The molecule has 1 atom stereocenters. The Hall–Kier alpha value is -1.21. The number of likely N-dealkylation sites (tertiary alicyclic amines) is 1. The Kier molecular flexibility index (Phi) is 4.93. The minimum absolute atomic E-state index is 0.0249. The maximum atomic E-state index is 12.6. The molecule has 1 aliphatic heterocycles. The van der Waals surface area contributed by atoms with Gasteiger partial charge in [0.25, 0.3) is 5.91 Å². The largest absolute Gasteiger partial charge is 0.382 e. The molecule has 0 aromatic carbocycles. The predicted octanol–water partition coefficient (Wildman–Crippen LogP) is 2.83. The number of hydrogen-bond acceptors (Lipinski definition) is 5. The summed E-state index contributed by atoms with van der Waals surface area (Å²) in [5, 5.41) is 0.635. The minimum Gasteiger partial charge on any atom is -0.382 e. The van der Waals surface area contributed by atoms with Crippen LogP contribution in [0.5, 0.6) is 0 Å². The van der Waals surface area contributed by atoms with Gasteiger partial charge in [0.2, 0.25) is 0 Å². The number of ether oxygens (including phenoxy) is 2. The van der Waals surface area contributed by atoms with Gasteiger partial charge in [-0.05, 0) is 18.6 Å². The predicted molar refractivity (Wildman–Crippen MR) is 86.8 cm³/mol. The Morgan fingerprint density at radius 2 is 2.41 bits per heavy atom. The Balaban J connectivity index is 1.67. The highest BCUT2D eigenvalue weighted by molar-refractivity contribution is 7.21. The number of carbonyl (C=O) groups excluding carboxylic acids is 1. The number of methoxy groups -OCH3 is 1. The summed E-state index contributed by atoms with van der Waals surface area (Å²) in [6, 6.07) is 3.55. The van der Waals surface area contributed by atoms with E-state index in [1.807, 2.05) is 11.0 Å². The van der Waals surface area contributed by atoms with Gasteiger partial charge in [-0.3, -0.25) is 9.78 Å². The van der Waals surface area contributed by atoms with Crippen molar-refractivity contribution in [3.63, 3.8) is 0 Å². The third kappa shape index (κ3) is 3.25. The molecule has 0 radical (unpaired) electrons. The van der Waals surface area contributed by atoms with Crippen LogP contribution >= 0.6 is 22.9 Å². The first kappa shape index (κ1) is 15.7. The average molecular weight is 341 g/mol. The van der Waals surface area contributed by atoms with Crippen LogP contribution in [0.4, 0.5) is 0 Å². The molecule has 0 bridgehead atoms. The summed E-state index contributed by atoms with van der Waals surface area (Å²) in [6.07, 6.45) is 2.61. The van der Waals surface area contributed by atoms with Crippen molar-refractivity contribution in [2.75, 3.05) is 33.4 Å². The zero-order valence-corrected chi connectivity index (χ0v) is 13.8. The number of pyridine rings is 1. The van der Waals surface area contributed by atoms with Crippen LogP contribution in [0.3, 0.4) is 0 Å². The molecule has 1 aliphatic rings. The number of fused-ring (bicyclic) bond motifs is 1. The molecule has 118 valence electrons. The average Bonchev–Trinajstić information content (AvgIpc) is 3.14. The van der Waals surface area contributed by atoms with Crippen LogP contribution in [0.1, 0.15) is 16.1 Å². The lowest BCUT2D eigenvalue weighted by molar-refractivity contribution is 0.0219. The van der Waals surface area contributed by atoms with Crippen molar-refractivity contribution in [1.29, 1.82) is 0 Å². The number of carbonyl (C=O) groups is 1. The van der Waals surface area contributed by atoms with E-state index in [0.29, 0.717) is 36.2 Å². The summed E-state index contributed by atoms with van der Waals surface area (Å²) in [5.74, 6) is 0.0249. The molecule has 5 nitrogen and oxygen atoms in total. The van der Waals surface area contributed by atoms with Crippen LogP contribution in [0, 0.1) is 0 Å². The van der Waals surface area contributed by atoms with Crippen molar-refractivity contribution < 1.29 is 14.3 Å². The zero-order valence-electron chi connectivity index (χ0n) is 12.3. The zero-order chi connectivity index (χ0) is 15.5. The summed E-state index contributed by atoms with van der Waals surface area (Å²) in [4.78, 5) is 19.3. The number of rotatable bonds is 5. The van der Waals surface area contributed by atoms with Crippen LogP contribution in [0.15, 0.2) is 18.3 Å². The van der Waals surface area contributed by atoms with E-state index >= 15 is 0 Å². The molecule has 0 N–H and O–H groups in total. The molecule has 1 fully saturated rings. The fraction of sp³-hybridized carbons (Fsp3) is 0.467. The van der Waals surface area contributed by atoms with Gasteiger partial charge in [-0.25, -0.2) is 0 Å². The second-order valence-corrected chi connectivity index (χ2v) is 6.60. The molecule has 7 heteroatoms. The van der Waals surface area contributed by atoms with Gasteiger partial charge in [0.05, 0.1) is 39.4 Å². The van der Waals surface area contributed by atoms with Crippen LogP contribution in [0.2, 0.25) is 5.02 Å². The normalized spacial score (nSPS) is 18.3. The molecule has 1 amide bonds. The van der Waals surface area contributed by atoms with Gasteiger partial charge in [0.1, 0.15) is 0 Å². The number of amides is 1. The van der Waals surface area contributed by atoms with Crippen LogP contribution in [-0.4, -0.2) is 55.3 Å². The number of halogens is 1. The van der Waals surface area contributed by atoms with Crippen molar-refractivity contribution in [1.82, 2.24) is 9.88 Å². The first-order chi connectivity index (χ1) is 10.7.